The maximum Gasteiger partial charge on any atom is 0.423 e. The van der Waals surface area contributed by atoms with Crippen molar-refractivity contribution < 1.29 is 79.7 Å². The Morgan fingerprint density at radius 2 is 0.829 bits per heavy atom. The van der Waals surface area contributed by atoms with Gasteiger partial charge in [-0.2, -0.15) is 39.5 Å². The van der Waals surface area contributed by atoms with E-state index in [1.54, 1.807) is 0 Å². The summed E-state index contributed by atoms with van der Waals surface area (Å²) in [6.07, 6.45) is -18.1. The molecule has 4 N–H and O–H groups in total. The molecule has 0 spiro atoms. The van der Waals surface area contributed by atoms with Gasteiger partial charge in [-0.05, 0) is 0 Å². The number of ether oxygens (including phenoxy) is 2. The van der Waals surface area contributed by atoms with Crippen molar-refractivity contribution >= 4 is 11.4 Å². The minimum absolute atomic E-state index is 0.417. The highest BCUT2D eigenvalue weighted by Gasteiger charge is 2.46. The number of hydrogen-bond donors (Lipinski definition) is 2. The Labute approximate surface area is 214 Å². The van der Waals surface area contributed by atoms with Crippen LogP contribution >= 0.6 is 0 Å². The summed E-state index contributed by atoms with van der Waals surface area (Å²) in [5.41, 5.74) is -3.08. The lowest BCUT2D eigenvalue weighted by Gasteiger charge is -2.21. The van der Waals surface area contributed by atoms with Gasteiger partial charge in [-0.25, -0.2) is 30.7 Å². The van der Waals surface area contributed by atoms with Gasteiger partial charge in [0.15, 0.2) is 46.4 Å². The largest absolute Gasteiger partial charge is 0.453 e. The number of rotatable bonds is 4. The van der Waals surface area contributed by atoms with Gasteiger partial charge in [-0.3, -0.25) is 0 Å². The van der Waals surface area contributed by atoms with Crippen molar-refractivity contribution in [1.29, 1.82) is 0 Å². The highest BCUT2D eigenvalue weighted by atomic mass is 19.4. The summed E-state index contributed by atoms with van der Waals surface area (Å²) in [6, 6.07) is -0.882. The lowest BCUT2D eigenvalue weighted by molar-refractivity contribution is -0.143. The number of nitrogens with two attached hydrogens (primary N) is 2. The fraction of sp³-hybridized carbons (Fsp3) is 0.143. The highest BCUT2D eigenvalue weighted by Crippen LogP contribution is 2.50. The van der Waals surface area contributed by atoms with E-state index in [9.17, 15) is 70.2 Å². The van der Waals surface area contributed by atoms with Crippen LogP contribution in [0.1, 0.15) is 16.7 Å². The Balaban J connectivity index is 2.35. The molecule has 224 valence electrons. The maximum atomic E-state index is 14.5. The molecule has 0 atom stereocenters. The minimum Gasteiger partial charge on any atom is -0.453 e. The Morgan fingerprint density at radius 1 is 0.463 bits per heavy atom. The number of alkyl halides is 9. The van der Waals surface area contributed by atoms with Crippen molar-refractivity contribution in [3.63, 3.8) is 0 Å². The third-order valence-corrected chi connectivity index (χ3v) is 4.93. The first-order valence-corrected chi connectivity index (χ1v) is 9.82. The zero-order valence-electron chi connectivity index (χ0n) is 18.7. The summed E-state index contributed by atoms with van der Waals surface area (Å²) in [6.45, 7) is 0. The number of benzene rings is 3. The summed E-state index contributed by atoms with van der Waals surface area (Å²) >= 11 is 0. The van der Waals surface area contributed by atoms with Crippen molar-refractivity contribution in [3.05, 3.63) is 69.5 Å². The molecule has 20 heteroatoms. The van der Waals surface area contributed by atoms with E-state index in [-0.39, 0.29) is 0 Å². The second-order valence-corrected chi connectivity index (χ2v) is 7.60. The molecule has 0 saturated heterocycles. The van der Waals surface area contributed by atoms with E-state index in [1.807, 2.05) is 0 Å². The third kappa shape index (κ3) is 5.53. The van der Waals surface area contributed by atoms with Crippen LogP contribution in [0.3, 0.4) is 0 Å². The molecule has 0 aliphatic heterocycles. The molecule has 4 nitrogen and oxygen atoms in total. The summed E-state index contributed by atoms with van der Waals surface area (Å²) in [4.78, 5) is 0. The number of hydrogen-bond acceptors (Lipinski definition) is 4. The number of nitrogen functional groups attached to an aromatic ring is 2. The lowest BCUT2D eigenvalue weighted by atomic mass is 10.1. The van der Waals surface area contributed by atoms with Gasteiger partial charge in [0, 0.05) is 12.1 Å². The van der Waals surface area contributed by atoms with Gasteiger partial charge in [0.2, 0.25) is 0 Å². The minimum atomic E-state index is -6.12. The Hall–Kier alpha value is -4.26. The van der Waals surface area contributed by atoms with Gasteiger partial charge < -0.3 is 20.9 Å². The summed E-state index contributed by atoms with van der Waals surface area (Å²) < 4.78 is 227. The predicted molar refractivity (Wildman–Crippen MR) is 103 cm³/mol. The van der Waals surface area contributed by atoms with E-state index in [4.69, 9.17) is 11.5 Å². The molecule has 3 rings (SSSR count). The Bertz CT molecular complexity index is 1540. The zero-order chi connectivity index (χ0) is 31.6. The van der Waals surface area contributed by atoms with Gasteiger partial charge in [-0.15, -0.1) is 0 Å². The molecule has 3 aromatic carbocycles. The van der Waals surface area contributed by atoms with Crippen LogP contribution in [-0.4, -0.2) is 0 Å². The highest BCUT2D eigenvalue weighted by molar-refractivity contribution is 5.58. The SMILES string of the molecule is Nc1c(F)c(F)c(C(F)(F)F)c(Oc2cc(F)c(C(F)(F)F)c(Oc3c(F)c(N)c(F)c(F)c3C(F)(F)F)c2)c1F. The van der Waals surface area contributed by atoms with Crippen LogP contribution in [0.25, 0.3) is 0 Å². The molecule has 3 aromatic rings. The summed E-state index contributed by atoms with van der Waals surface area (Å²) in [5, 5.41) is 0. The Kier molecular flexibility index (Phi) is 7.61. The molecule has 0 bridgehead atoms. The fourth-order valence-electron chi connectivity index (χ4n) is 3.21. The third-order valence-electron chi connectivity index (χ3n) is 4.93. The smallest absolute Gasteiger partial charge is 0.423 e. The topological polar surface area (TPSA) is 70.5 Å². The molecule has 0 aliphatic carbocycles. The van der Waals surface area contributed by atoms with Crippen LogP contribution in [0, 0.1) is 40.7 Å². The van der Waals surface area contributed by atoms with Crippen LogP contribution in [0.5, 0.6) is 23.0 Å². The molecular weight excluding hydrogens is 616 g/mol. The van der Waals surface area contributed by atoms with Crippen molar-refractivity contribution in [3.8, 4) is 23.0 Å². The van der Waals surface area contributed by atoms with Crippen LogP contribution in [0.4, 0.5) is 81.6 Å². The van der Waals surface area contributed by atoms with E-state index < -0.39 is 122 Å². The fourth-order valence-corrected chi connectivity index (χ4v) is 3.21. The van der Waals surface area contributed by atoms with Crippen LogP contribution in [-0.2, 0) is 18.5 Å². The van der Waals surface area contributed by atoms with Crippen molar-refractivity contribution in [2.75, 3.05) is 11.5 Å². The van der Waals surface area contributed by atoms with E-state index in [0.717, 1.165) is 0 Å². The maximum absolute atomic E-state index is 14.5. The monoisotopic (exact) mass is 622 g/mol. The normalized spacial score (nSPS) is 12.6. The number of anilines is 2. The van der Waals surface area contributed by atoms with Crippen molar-refractivity contribution in [2.45, 2.75) is 18.5 Å². The summed E-state index contributed by atoms with van der Waals surface area (Å²) in [5.74, 6) is -28.0. The van der Waals surface area contributed by atoms with Gasteiger partial charge in [-0.1, -0.05) is 0 Å². The summed E-state index contributed by atoms with van der Waals surface area (Å²) in [7, 11) is 0. The van der Waals surface area contributed by atoms with Crippen LogP contribution in [0.15, 0.2) is 12.1 Å². The molecule has 0 unspecified atom stereocenters. The van der Waals surface area contributed by atoms with E-state index in [2.05, 4.69) is 9.47 Å². The van der Waals surface area contributed by atoms with Gasteiger partial charge in [0.25, 0.3) is 0 Å². The second kappa shape index (κ2) is 9.98. The van der Waals surface area contributed by atoms with Gasteiger partial charge in [0.1, 0.15) is 45.4 Å². The van der Waals surface area contributed by atoms with E-state index in [0.29, 0.717) is 0 Å². The first kappa shape index (κ1) is 31.3. The average molecular weight is 622 g/mol. The molecule has 0 heterocycles. The number of halogens is 16. The first-order valence-electron chi connectivity index (χ1n) is 9.82. The zero-order valence-corrected chi connectivity index (χ0v) is 18.7. The molecule has 0 fully saturated rings. The molecule has 0 saturated carbocycles. The van der Waals surface area contributed by atoms with E-state index in [1.165, 1.54) is 0 Å². The quantitative estimate of drug-likeness (QED) is 0.174. The molecular formula is C21H6F16N2O2. The Morgan fingerprint density at radius 3 is 1.20 bits per heavy atom. The van der Waals surface area contributed by atoms with Crippen molar-refractivity contribution in [1.82, 2.24) is 0 Å². The average Bonchev–Trinajstić information content (AvgIpc) is 2.80. The van der Waals surface area contributed by atoms with Crippen LogP contribution in [0.2, 0.25) is 0 Å². The van der Waals surface area contributed by atoms with Gasteiger partial charge >= 0.3 is 18.5 Å². The predicted octanol–water partition coefficient (Wildman–Crippen LogP) is 8.47. The van der Waals surface area contributed by atoms with E-state index >= 15 is 0 Å². The molecule has 0 radical (unpaired) electrons. The first-order chi connectivity index (χ1) is 18.5. The second-order valence-electron chi connectivity index (χ2n) is 7.60. The standard InChI is InChI=1S/C21H6F16N2O2/c22-4-1-3(40-17-7(20(32,33)34)9(23)11(25)15(38)13(17)27)2-5(6(4)19(29,30)31)41-18-8(21(35,36)37)10(24)12(26)16(39)14(18)28/h1-2H,38-39H2. The lowest BCUT2D eigenvalue weighted by Crippen LogP contribution is -2.17. The molecule has 0 aliphatic rings. The molecule has 0 amide bonds. The van der Waals surface area contributed by atoms with Crippen molar-refractivity contribution in [2.24, 2.45) is 0 Å². The van der Waals surface area contributed by atoms with Gasteiger partial charge in [0.05, 0.1) is 0 Å². The molecule has 0 aromatic heterocycles. The molecule has 41 heavy (non-hydrogen) atoms. The van der Waals surface area contributed by atoms with Crippen LogP contribution < -0.4 is 20.9 Å².